The molecule has 0 saturated carbocycles. The summed E-state index contributed by atoms with van der Waals surface area (Å²) in [4.78, 5) is 27.0. The van der Waals surface area contributed by atoms with Gasteiger partial charge in [-0.2, -0.15) is 13.2 Å². The van der Waals surface area contributed by atoms with Crippen LogP contribution in [-0.2, 0) is 10.9 Å². The third-order valence-corrected chi connectivity index (χ3v) is 3.15. The molecule has 0 aliphatic carbocycles. The van der Waals surface area contributed by atoms with Crippen molar-refractivity contribution < 1.29 is 27.5 Å². The molecule has 23 heavy (non-hydrogen) atoms. The summed E-state index contributed by atoms with van der Waals surface area (Å²) in [6.07, 6.45) is -3.04. The van der Waals surface area contributed by atoms with Crippen LogP contribution in [0.25, 0.3) is 0 Å². The molecule has 122 valence electrons. The smallest absolute Gasteiger partial charge is 0.417 e. The van der Waals surface area contributed by atoms with Gasteiger partial charge in [-0.05, 0) is 13.0 Å². The summed E-state index contributed by atoms with van der Waals surface area (Å²) < 4.78 is 46.1. The summed E-state index contributed by atoms with van der Waals surface area (Å²) >= 11 is 0.700. The molecule has 0 fully saturated rings. The lowest BCUT2D eigenvalue weighted by Gasteiger charge is -2.08. The van der Waals surface area contributed by atoms with Crippen LogP contribution in [0.15, 0.2) is 18.5 Å². The number of ether oxygens (including phenoxy) is 1. The molecule has 7 nitrogen and oxygen atoms in total. The van der Waals surface area contributed by atoms with Crippen molar-refractivity contribution in [3.8, 4) is 0 Å². The van der Waals surface area contributed by atoms with Crippen molar-refractivity contribution in [1.29, 1.82) is 0 Å². The number of anilines is 1. The highest BCUT2D eigenvalue weighted by atomic mass is 32.1. The van der Waals surface area contributed by atoms with Crippen LogP contribution in [0.5, 0.6) is 0 Å². The number of nitrogens with zero attached hydrogens (tertiary/aromatic N) is 3. The Labute approximate surface area is 131 Å². The summed E-state index contributed by atoms with van der Waals surface area (Å²) in [6, 6.07) is 0.654. The predicted octanol–water partition coefficient (Wildman–Crippen LogP) is 2.38. The van der Waals surface area contributed by atoms with Gasteiger partial charge < -0.3 is 10.1 Å². The first kappa shape index (κ1) is 16.8. The van der Waals surface area contributed by atoms with E-state index in [4.69, 9.17) is 4.74 Å². The third kappa shape index (κ3) is 4.00. The Hall–Kier alpha value is -2.56. The van der Waals surface area contributed by atoms with E-state index in [1.54, 1.807) is 6.92 Å². The fourth-order valence-corrected chi connectivity index (χ4v) is 2.05. The monoisotopic (exact) mass is 346 g/mol. The van der Waals surface area contributed by atoms with E-state index < -0.39 is 23.6 Å². The van der Waals surface area contributed by atoms with Gasteiger partial charge in [0.25, 0.3) is 5.91 Å². The standard InChI is InChI=1S/C12H9F3N4O3S/c1-2-22-11(21)8-10(23-19-18-8)17-9(20)6-3-7(5-16-4-6)12(13,14)15/h3-5H,2H2,1H3,(H,17,20). The van der Waals surface area contributed by atoms with Crippen LogP contribution in [0.1, 0.15) is 33.3 Å². The van der Waals surface area contributed by atoms with Crippen molar-refractivity contribution in [3.63, 3.8) is 0 Å². The second kappa shape index (κ2) is 6.69. The van der Waals surface area contributed by atoms with Crippen LogP contribution in [0, 0.1) is 0 Å². The van der Waals surface area contributed by atoms with Crippen LogP contribution in [0.2, 0.25) is 0 Å². The van der Waals surface area contributed by atoms with E-state index in [2.05, 4.69) is 19.9 Å². The molecule has 2 heterocycles. The molecule has 0 saturated heterocycles. The fraction of sp³-hybridized carbons (Fsp3) is 0.250. The lowest BCUT2D eigenvalue weighted by atomic mass is 10.2. The molecule has 0 spiro atoms. The number of halogens is 3. The third-order valence-electron chi connectivity index (χ3n) is 2.51. The molecule has 0 atom stereocenters. The topological polar surface area (TPSA) is 94.1 Å². The number of pyridine rings is 1. The molecule has 2 rings (SSSR count). The predicted molar refractivity (Wildman–Crippen MR) is 73.1 cm³/mol. The maximum atomic E-state index is 12.6. The summed E-state index contributed by atoms with van der Waals surface area (Å²) in [5.74, 6) is -1.67. The van der Waals surface area contributed by atoms with Crippen molar-refractivity contribution in [2.24, 2.45) is 0 Å². The molecule has 0 aliphatic rings. The van der Waals surface area contributed by atoms with E-state index in [0.717, 1.165) is 6.20 Å². The Balaban J connectivity index is 2.21. The van der Waals surface area contributed by atoms with Crippen LogP contribution in [-0.4, -0.2) is 33.1 Å². The highest BCUT2D eigenvalue weighted by Crippen LogP contribution is 2.29. The number of carbonyl (C=O) groups is 2. The second-order valence-electron chi connectivity index (χ2n) is 4.09. The minimum Gasteiger partial charge on any atom is -0.461 e. The lowest BCUT2D eigenvalue weighted by Crippen LogP contribution is -2.16. The Morgan fingerprint density at radius 3 is 2.74 bits per heavy atom. The molecule has 1 N–H and O–H groups in total. The number of carbonyl (C=O) groups excluding carboxylic acids is 2. The maximum absolute atomic E-state index is 12.6. The van der Waals surface area contributed by atoms with E-state index in [9.17, 15) is 22.8 Å². The number of amides is 1. The quantitative estimate of drug-likeness (QED) is 0.854. The van der Waals surface area contributed by atoms with E-state index in [0.29, 0.717) is 23.8 Å². The van der Waals surface area contributed by atoms with Crippen LogP contribution in [0.4, 0.5) is 18.2 Å². The van der Waals surface area contributed by atoms with Crippen molar-refractivity contribution in [1.82, 2.24) is 14.6 Å². The van der Waals surface area contributed by atoms with Crippen molar-refractivity contribution in [3.05, 3.63) is 35.3 Å². The van der Waals surface area contributed by atoms with Gasteiger partial charge in [0, 0.05) is 23.9 Å². The van der Waals surface area contributed by atoms with Gasteiger partial charge in [0.2, 0.25) is 5.69 Å². The SMILES string of the molecule is CCOC(=O)c1nnsc1NC(=O)c1cncc(C(F)(F)F)c1. The largest absolute Gasteiger partial charge is 0.461 e. The first-order chi connectivity index (χ1) is 10.8. The first-order valence-electron chi connectivity index (χ1n) is 6.16. The van der Waals surface area contributed by atoms with E-state index in [1.165, 1.54) is 0 Å². The number of nitrogens with one attached hydrogen (secondary N) is 1. The number of hydrogen-bond donors (Lipinski definition) is 1. The van der Waals surface area contributed by atoms with Gasteiger partial charge in [-0.1, -0.05) is 4.49 Å². The van der Waals surface area contributed by atoms with Gasteiger partial charge in [-0.15, -0.1) is 5.10 Å². The number of aromatic nitrogens is 3. The van der Waals surface area contributed by atoms with Gasteiger partial charge in [-0.3, -0.25) is 9.78 Å². The molecule has 0 bridgehead atoms. The van der Waals surface area contributed by atoms with Crippen LogP contribution >= 0.6 is 11.5 Å². The van der Waals surface area contributed by atoms with E-state index in [-0.39, 0.29) is 22.9 Å². The van der Waals surface area contributed by atoms with Gasteiger partial charge in [0.05, 0.1) is 17.7 Å². The second-order valence-corrected chi connectivity index (χ2v) is 4.84. The summed E-state index contributed by atoms with van der Waals surface area (Å²) in [5.41, 5.74) is -1.59. The number of hydrogen-bond acceptors (Lipinski definition) is 7. The lowest BCUT2D eigenvalue weighted by molar-refractivity contribution is -0.137. The zero-order chi connectivity index (χ0) is 17.0. The molecule has 0 aromatic carbocycles. The molecule has 1 amide bonds. The van der Waals surface area contributed by atoms with E-state index >= 15 is 0 Å². The van der Waals surface area contributed by atoms with Crippen LogP contribution < -0.4 is 5.32 Å². The van der Waals surface area contributed by atoms with E-state index in [1.807, 2.05) is 0 Å². The highest BCUT2D eigenvalue weighted by Gasteiger charge is 2.31. The van der Waals surface area contributed by atoms with Gasteiger partial charge in [-0.25, -0.2) is 4.79 Å². The molecule has 2 aromatic heterocycles. The van der Waals surface area contributed by atoms with Gasteiger partial charge >= 0.3 is 12.1 Å². The average molecular weight is 346 g/mol. The zero-order valence-electron chi connectivity index (χ0n) is 11.5. The van der Waals surface area contributed by atoms with Crippen molar-refractivity contribution >= 4 is 28.4 Å². The summed E-state index contributed by atoms with van der Waals surface area (Å²) in [6.45, 7) is 1.69. The summed E-state index contributed by atoms with van der Waals surface area (Å²) in [7, 11) is 0. The number of rotatable bonds is 4. The molecule has 0 unspecified atom stereocenters. The van der Waals surface area contributed by atoms with Gasteiger partial charge in [0.1, 0.15) is 0 Å². The molecular formula is C12H9F3N4O3S. The maximum Gasteiger partial charge on any atom is 0.417 e. The molecule has 0 radical (unpaired) electrons. The first-order valence-corrected chi connectivity index (χ1v) is 6.93. The van der Waals surface area contributed by atoms with Crippen molar-refractivity contribution in [2.75, 3.05) is 11.9 Å². The Morgan fingerprint density at radius 2 is 2.09 bits per heavy atom. The number of esters is 1. The molecular weight excluding hydrogens is 337 g/mol. The Kier molecular flexibility index (Phi) is 4.89. The zero-order valence-corrected chi connectivity index (χ0v) is 12.4. The van der Waals surface area contributed by atoms with Gasteiger partial charge in [0.15, 0.2) is 5.00 Å². The average Bonchev–Trinajstić information content (AvgIpc) is 2.95. The fourth-order valence-electron chi connectivity index (χ4n) is 1.50. The molecule has 11 heteroatoms. The summed E-state index contributed by atoms with van der Waals surface area (Å²) in [5, 5.41) is 5.77. The number of alkyl halides is 3. The minimum absolute atomic E-state index is 0.0224. The molecule has 2 aromatic rings. The Morgan fingerprint density at radius 1 is 1.35 bits per heavy atom. The van der Waals surface area contributed by atoms with Crippen molar-refractivity contribution in [2.45, 2.75) is 13.1 Å². The normalized spacial score (nSPS) is 11.1. The Bertz CT molecular complexity index is 732. The molecule has 0 aliphatic heterocycles. The highest BCUT2D eigenvalue weighted by molar-refractivity contribution is 7.10. The van der Waals surface area contributed by atoms with Crippen LogP contribution in [0.3, 0.4) is 0 Å². The minimum atomic E-state index is -4.62.